The van der Waals surface area contributed by atoms with E-state index in [1.54, 1.807) is 0 Å². The van der Waals surface area contributed by atoms with E-state index in [0.717, 1.165) is 57.8 Å². The van der Waals surface area contributed by atoms with Gasteiger partial charge in [-0.3, -0.25) is 9.59 Å². The maximum Gasteiger partial charge on any atom is 0.306 e. The molecular formula is C52H99NO5. The normalized spacial score (nSPS) is 13.4. The number of rotatable bonds is 46. The van der Waals surface area contributed by atoms with Crippen LogP contribution in [0, 0.1) is 0 Å². The molecule has 0 saturated carbocycles. The Labute approximate surface area is 361 Å². The van der Waals surface area contributed by atoms with Crippen molar-refractivity contribution in [1.82, 2.24) is 5.32 Å². The first-order chi connectivity index (χ1) is 28.5. The summed E-state index contributed by atoms with van der Waals surface area (Å²) in [4.78, 5) is 26.0. The van der Waals surface area contributed by atoms with Crippen molar-refractivity contribution in [2.45, 2.75) is 289 Å². The van der Waals surface area contributed by atoms with Crippen LogP contribution < -0.4 is 5.32 Å². The minimum Gasteiger partial charge on any atom is -0.462 e. The van der Waals surface area contributed by atoms with Crippen LogP contribution >= 0.6 is 0 Å². The van der Waals surface area contributed by atoms with E-state index in [9.17, 15) is 19.8 Å². The number of carbonyl (C=O) groups excluding carboxylic acids is 2. The number of esters is 1. The third-order valence-corrected chi connectivity index (χ3v) is 11.8. The fourth-order valence-corrected chi connectivity index (χ4v) is 7.89. The van der Waals surface area contributed by atoms with Crippen molar-refractivity contribution >= 4 is 11.9 Å². The summed E-state index contributed by atoms with van der Waals surface area (Å²) in [5.74, 6) is -0.495. The first-order valence-corrected chi connectivity index (χ1v) is 25.6. The average molecular weight is 818 g/mol. The second-order valence-corrected chi connectivity index (χ2v) is 17.6. The summed E-state index contributed by atoms with van der Waals surface area (Å²) in [6.45, 7) is 6.47. The van der Waals surface area contributed by atoms with E-state index < -0.39 is 18.2 Å². The first-order valence-electron chi connectivity index (χ1n) is 25.6. The van der Waals surface area contributed by atoms with Gasteiger partial charge in [-0.15, -0.1) is 0 Å². The van der Waals surface area contributed by atoms with E-state index in [-0.39, 0.29) is 24.9 Å². The Kier molecular flexibility index (Phi) is 45.1. The summed E-state index contributed by atoms with van der Waals surface area (Å²) < 4.78 is 5.90. The molecule has 58 heavy (non-hydrogen) atoms. The second-order valence-electron chi connectivity index (χ2n) is 17.6. The van der Waals surface area contributed by atoms with Crippen molar-refractivity contribution in [3.8, 4) is 0 Å². The molecule has 0 aliphatic carbocycles. The maximum atomic E-state index is 13.2. The van der Waals surface area contributed by atoms with Crippen LogP contribution in [0.3, 0.4) is 0 Å². The van der Waals surface area contributed by atoms with Gasteiger partial charge in [-0.1, -0.05) is 231 Å². The Balaban J connectivity index is 4.48. The topological polar surface area (TPSA) is 95.9 Å². The number of amides is 1. The second kappa shape index (κ2) is 46.4. The van der Waals surface area contributed by atoms with Crippen molar-refractivity contribution < 1.29 is 24.5 Å². The molecule has 0 saturated heterocycles. The molecule has 3 N–H and O–H groups in total. The summed E-state index contributed by atoms with van der Waals surface area (Å²) in [6, 6.07) is -0.701. The summed E-state index contributed by atoms with van der Waals surface area (Å²) in [5.41, 5.74) is 0. The molecule has 0 fully saturated rings. The molecule has 0 bridgehead atoms. The van der Waals surface area contributed by atoms with Crippen molar-refractivity contribution in [2.24, 2.45) is 0 Å². The Hall–Kier alpha value is -1.66. The fraction of sp³-hybridized carbons (Fsp3) is 0.885. The monoisotopic (exact) mass is 818 g/mol. The third kappa shape index (κ3) is 41.1. The van der Waals surface area contributed by atoms with Crippen molar-refractivity contribution in [3.05, 3.63) is 24.3 Å². The maximum absolute atomic E-state index is 13.2. The van der Waals surface area contributed by atoms with Gasteiger partial charge in [0.15, 0.2) is 0 Å². The summed E-state index contributed by atoms with van der Waals surface area (Å²) >= 11 is 0. The van der Waals surface area contributed by atoms with Gasteiger partial charge in [0.05, 0.1) is 25.2 Å². The Morgan fingerprint density at radius 3 is 1.28 bits per heavy atom. The number of unbranched alkanes of at least 4 members (excludes halogenated alkanes) is 31. The number of hydrogen-bond acceptors (Lipinski definition) is 5. The van der Waals surface area contributed by atoms with Crippen LogP contribution in [0.15, 0.2) is 24.3 Å². The lowest BCUT2D eigenvalue weighted by Crippen LogP contribution is -2.46. The minimum atomic E-state index is -0.787. The third-order valence-electron chi connectivity index (χ3n) is 11.8. The highest BCUT2D eigenvalue weighted by molar-refractivity contribution is 5.77. The van der Waals surface area contributed by atoms with Crippen molar-refractivity contribution in [2.75, 3.05) is 6.61 Å². The summed E-state index contributed by atoms with van der Waals surface area (Å²) in [5, 5.41) is 23.7. The van der Waals surface area contributed by atoms with Crippen molar-refractivity contribution in [1.29, 1.82) is 0 Å². The first kappa shape index (κ1) is 56.3. The fourth-order valence-electron chi connectivity index (χ4n) is 7.89. The molecule has 0 aromatic heterocycles. The largest absolute Gasteiger partial charge is 0.462 e. The van der Waals surface area contributed by atoms with Gasteiger partial charge in [0.25, 0.3) is 0 Å². The quantitative estimate of drug-likeness (QED) is 0.0323. The molecule has 0 radical (unpaired) electrons. The van der Waals surface area contributed by atoms with E-state index in [1.165, 1.54) is 167 Å². The van der Waals surface area contributed by atoms with Crippen LogP contribution in [0.1, 0.15) is 271 Å². The van der Waals surface area contributed by atoms with Gasteiger partial charge in [-0.25, -0.2) is 0 Å². The number of carbonyl (C=O) groups is 2. The predicted octanol–water partition coefficient (Wildman–Crippen LogP) is 15.1. The van der Waals surface area contributed by atoms with Crippen LogP contribution in [0.2, 0.25) is 0 Å². The van der Waals surface area contributed by atoms with E-state index in [1.807, 2.05) is 0 Å². The van der Waals surface area contributed by atoms with Gasteiger partial charge in [-0.2, -0.15) is 0 Å². The number of aliphatic hydroxyl groups excluding tert-OH is 2. The Bertz CT molecular complexity index is 919. The van der Waals surface area contributed by atoms with Crippen LogP contribution in [-0.4, -0.2) is 46.9 Å². The molecule has 3 atom stereocenters. The SMILES string of the molecule is CCCCCCCCC/C=C/C=C/CCCCCC(=O)OC(CCCCCCCCCCC)CC(=O)NC(CO)C(O)CCCCCCCCCCCCCCCC. The molecule has 0 aliphatic heterocycles. The number of nitrogens with one attached hydrogen (secondary N) is 1. The molecular weight excluding hydrogens is 719 g/mol. The number of ether oxygens (including phenoxy) is 1. The molecule has 6 nitrogen and oxygen atoms in total. The van der Waals surface area contributed by atoms with E-state index in [0.29, 0.717) is 19.3 Å². The van der Waals surface area contributed by atoms with E-state index in [2.05, 4.69) is 50.4 Å². The highest BCUT2D eigenvalue weighted by atomic mass is 16.5. The van der Waals surface area contributed by atoms with Gasteiger partial charge in [0.2, 0.25) is 5.91 Å². The summed E-state index contributed by atoms with van der Waals surface area (Å²) in [7, 11) is 0. The number of hydrogen-bond donors (Lipinski definition) is 3. The molecule has 0 aromatic carbocycles. The van der Waals surface area contributed by atoms with Crippen LogP contribution in [-0.2, 0) is 14.3 Å². The standard InChI is InChI=1S/C52H99NO5/c1-4-7-10-13-16-19-21-23-25-26-28-30-33-36-39-42-45-52(57)58-48(43-40-37-34-31-18-15-12-9-6-3)46-51(56)53-49(47-54)50(55)44-41-38-35-32-29-27-24-22-20-17-14-11-8-5-2/h25-26,28,30,48-50,54-55H,4-24,27,29,31-47H2,1-3H3,(H,53,56)/b26-25+,30-28+. The molecule has 0 spiro atoms. The van der Waals surface area contributed by atoms with Gasteiger partial charge < -0.3 is 20.3 Å². The molecule has 0 aliphatic rings. The molecule has 6 heteroatoms. The van der Waals surface area contributed by atoms with Crippen LogP contribution in [0.5, 0.6) is 0 Å². The molecule has 3 unspecified atom stereocenters. The lowest BCUT2D eigenvalue weighted by atomic mass is 10.0. The highest BCUT2D eigenvalue weighted by Crippen LogP contribution is 2.18. The number of aliphatic hydroxyl groups is 2. The van der Waals surface area contributed by atoms with E-state index in [4.69, 9.17) is 4.74 Å². The zero-order valence-corrected chi connectivity index (χ0v) is 38.9. The predicted molar refractivity (Wildman–Crippen MR) is 250 cm³/mol. The molecule has 0 rings (SSSR count). The highest BCUT2D eigenvalue weighted by Gasteiger charge is 2.24. The van der Waals surface area contributed by atoms with Crippen LogP contribution in [0.4, 0.5) is 0 Å². The van der Waals surface area contributed by atoms with Gasteiger partial charge >= 0.3 is 5.97 Å². The zero-order valence-electron chi connectivity index (χ0n) is 38.9. The lowest BCUT2D eigenvalue weighted by Gasteiger charge is -2.24. The number of allylic oxidation sites excluding steroid dienone is 4. The summed E-state index contributed by atoms with van der Waals surface area (Å²) in [6.07, 6.45) is 52.4. The molecule has 0 aromatic rings. The van der Waals surface area contributed by atoms with Crippen LogP contribution in [0.25, 0.3) is 0 Å². The molecule has 1 amide bonds. The van der Waals surface area contributed by atoms with Gasteiger partial charge in [0.1, 0.15) is 6.10 Å². The van der Waals surface area contributed by atoms with Gasteiger partial charge in [-0.05, 0) is 51.4 Å². The Morgan fingerprint density at radius 1 is 0.500 bits per heavy atom. The molecule has 342 valence electrons. The lowest BCUT2D eigenvalue weighted by molar-refractivity contribution is -0.151. The van der Waals surface area contributed by atoms with E-state index >= 15 is 0 Å². The average Bonchev–Trinajstić information content (AvgIpc) is 3.22. The Morgan fingerprint density at radius 2 is 0.862 bits per heavy atom. The zero-order chi connectivity index (χ0) is 42.4. The van der Waals surface area contributed by atoms with Crippen molar-refractivity contribution in [3.63, 3.8) is 0 Å². The minimum absolute atomic E-state index is 0.0715. The smallest absolute Gasteiger partial charge is 0.306 e. The van der Waals surface area contributed by atoms with Gasteiger partial charge in [0, 0.05) is 6.42 Å². The molecule has 0 heterocycles.